The number of nitrogens with zero attached hydrogens (tertiary/aromatic N) is 1. The van der Waals surface area contributed by atoms with E-state index >= 15 is 0 Å². The number of hydrogen-bond donors (Lipinski definition) is 1. The SMILES string of the molecule is CCC1CCC(O)C(CN2CCOC(CC)C2)C1. The molecule has 0 aromatic rings. The van der Waals surface area contributed by atoms with Gasteiger partial charge in [-0.3, -0.25) is 4.90 Å². The highest BCUT2D eigenvalue weighted by Gasteiger charge is 2.31. The number of rotatable bonds is 4. The first kappa shape index (κ1) is 14.3. The van der Waals surface area contributed by atoms with Crippen LogP contribution in [0.1, 0.15) is 46.0 Å². The van der Waals surface area contributed by atoms with Crippen molar-refractivity contribution in [1.29, 1.82) is 0 Å². The molecule has 0 amide bonds. The summed E-state index contributed by atoms with van der Waals surface area (Å²) in [6.45, 7) is 8.49. The Morgan fingerprint density at radius 3 is 2.78 bits per heavy atom. The second-order valence-electron chi connectivity index (χ2n) is 6.08. The van der Waals surface area contributed by atoms with Gasteiger partial charge in [-0.1, -0.05) is 20.3 Å². The van der Waals surface area contributed by atoms with Crippen LogP contribution in [0.15, 0.2) is 0 Å². The summed E-state index contributed by atoms with van der Waals surface area (Å²) < 4.78 is 5.71. The van der Waals surface area contributed by atoms with Crippen LogP contribution in [0.25, 0.3) is 0 Å². The van der Waals surface area contributed by atoms with E-state index < -0.39 is 0 Å². The highest BCUT2D eigenvalue weighted by Crippen LogP contribution is 2.32. The smallest absolute Gasteiger partial charge is 0.0700 e. The quantitative estimate of drug-likeness (QED) is 0.836. The Kier molecular flexibility index (Phi) is 5.46. The largest absolute Gasteiger partial charge is 0.393 e. The summed E-state index contributed by atoms with van der Waals surface area (Å²) in [7, 11) is 0. The molecule has 3 heteroatoms. The van der Waals surface area contributed by atoms with E-state index in [1.807, 2.05) is 0 Å². The van der Waals surface area contributed by atoms with Crippen LogP contribution in [0.5, 0.6) is 0 Å². The van der Waals surface area contributed by atoms with Crippen LogP contribution in [0, 0.1) is 11.8 Å². The topological polar surface area (TPSA) is 32.7 Å². The molecule has 18 heavy (non-hydrogen) atoms. The molecule has 0 spiro atoms. The van der Waals surface area contributed by atoms with Crippen molar-refractivity contribution in [3.63, 3.8) is 0 Å². The van der Waals surface area contributed by atoms with Gasteiger partial charge in [-0.25, -0.2) is 0 Å². The van der Waals surface area contributed by atoms with Gasteiger partial charge in [0.05, 0.1) is 18.8 Å². The normalized spacial score (nSPS) is 38.8. The summed E-state index contributed by atoms with van der Waals surface area (Å²) in [5.41, 5.74) is 0. The molecule has 4 atom stereocenters. The van der Waals surface area contributed by atoms with Crippen LogP contribution < -0.4 is 0 Å². The number of aliphatic hydroxyl groups is 1. The Hall–Kier alpha value is -0.120. The predicted octanol–water partition coefficient (Wildman–Crippen LogP) is 2.28. The van der Waals surface area contributed by atoms with Crippen molar-refractivity contribution in [3.05, 3.63) is 0 Å². The number of hydrogen-bond acceptors (Lipinski definition) is 3. The first-order valence-corrected chi connectivity index (χ1v) is 7.74. The molecule has 1 saturated carbocycles. The molecule has 0 aromatic carbocycles. The summed E-state index contributed by atoms with van der Waals surface area (Å²) >= 11 is 0. The lowest BCUT2D eigenvalue weighted by atomic mass is 9.78. The number of morpholine rings is 1. The van der Waals surface area contributed by atoms with Crippen molar-refractivity contribution in [3.8, 4) is 0 Å². The zero-order chi connectivity index (χ0) is 13.0. The van der Waals surface area contributed by atoms with E-state index in [-0.39, 0.29) is 6.10 Å². The van der Waals surface area contributed by atoms with Crippen LogP contribution in [0.2, 0.25) is 0 Å². The maximum atomic E-state index is 10.2. The minimum Gasteiger partial charge on any atom is -0.393 e. The van der Waals surface area contributed by atoms with E-state index in [1.165, 1.54) is 19.3 Å². The third-order valence-electron chi connectivity index (χ3n) is 4.80. The van der Waals surface area contributed by atoms with Gasteiger partial charge in [-0.15, -0.1) is 0 Å². The van der Waals surface area contributed by atoms with Crippen molar-refractivity contribution in [2.45, 2.75) is 58.2 Å². The van der Waals surface area contributed by atoms with E-state index in [9.17, 15) is 5.11 Å². The zero-order valence-electron chi connectivity index (χ0n) is 12.0. The Labute approximate surface area is 112 Å². The Balaban J connectivity index is 1.83. The monoisotopic (exact) mass is 255 g/mol. The molecule has 2 fully saturated rings. The maximum Gasteiger partial charge on any atom is 0.0700 e. The average Bonchev–Trinajstić information content (AvgIpc) is 2.41. The minimum atomic E-state index is -0.0734. The molecule has 1 aliphatic heterocycles. The molecular formula is C15H29NO2. The van der Waals surface area contributed by atoms with Gasteiger partial charge < -0.3 is 9.84 Å². The fourth-order valence-electron chi connectivity index (χ4n) is 3.44. The van der Waals surface area contributed by atoms with Crippen molar-refractivity contribution < 1.29 is 9.84 Å². The van der Waals surface area contributed by atoms with E-state index in [4.69, 9.17) is 4.74 Å². The molecule has 0 radical (unpaired) electrons. The molecule has 1 heterocycles. The van der Waals surface area contributed by atoms with Crippen LogP contribution in [0.4, 0.5) is 0 Å². The van der Waals surface area contributed by atoms with Crippen LogP contribution in [-0.2, 0) is 4.74 Å². The molecule has 1 N–H and O–H groups in total. The maximum absolute atomic E-state index is 10.2. The van der Waals surface area contributed by atoms with Gasteiger partial charge in [0.2, 0.25) is 0 Å². The summed E-state index contributed by atoms with van der Waals surface area (Å²) in [5, 5.41) is 10.2. The van der Waals surface area contributed by atoms with Gasteiger partial charge in [0.25, 0.3) is 0 Å². The van der Waals surface area contributed by atoms with Crippen LogP contribution in [0.3, 0.4) is 0 Å². The lowest BCUT2D eigenvalue weighted by molar-refractivity contribution is -0.0489. The molecule has 0 bridgehead atoms. The summed E-state index contributed by atoms with van der Waals surface area (Å²) in [6.07, 6.45) is 6.13. The highest BCUT2D eigenvalue weighted by molar-refractivity contribution is 4.83. The highest BCUT2D eigenvalue weighted by atomic mass is 16.5. The van der Waals surface area contributed by atoms with Gasteiger partial charge in [0, 0.05) is 19.6 Å². The zero-order valence-corrected chi connectivity index (χ0v) is 12.0. The van der Waals surface area contributed by atoms with Gasteiger partial charge in [-0.2, -0.15) is 0 Å². The lowest BCUT2D eigenvalue weighted by Gasteiger charge is -2.39. The molecule has 106 valence electrons. The summed E-state index contributed by atoms with van der Waals surface area (Å²) in [4.78, 5) is 2.50. The van der Waals surface area contributed by atoms with E-state index in [0.717, 1.165) is 45.0 Å². The van der Waals surface area contributed by atoms with Gasteiger partial charge in [0.15, 0.2) is 0 Å². The second kappa shape index (κ2) is 6.88. The molecule has 3 nitrogen and oxygen atoms in total. The third kappa shape index (κ3) is 3.69. The summed E-state index contributed by atoms with van der Waals surface area (Å²) in [5.74, 6) is 1.32. The molecule has 4 unspecified atom stereocenters. The third-order valence-corrected chi connectivity index (χ3v) is 4.80. The van der Waals surface area contributed by atoms with Crippen molar-refractivity contribution in [2.24, 2.45) is 11.8 Å². The fourth-order valence-corrected chi connectivity index (χ4v) is 3.44. The van der Waals surface area contributed by atoms with Gasteiger partial charge in [0.1, 0.15) is 0 Å². The van der Waals surface area contributed by atoms with E-state index in [0.29, 0.717) is 12.0 Å². The summed E-state index contributed by atoms with van der Waals surface area (Å²) in [6, 6.07) is 0. The molecule has 1 saturated heterocycles. The number of aliphatic hydroxyl groups excluding tert-OH is 1. The lowest BCUT2D eigenvalue weighted by Crippen LogP contribution is -2.47. The Bertz CT molecular complexity index is 247. The Morgan fingerprint density at radius 1 is 1.22 bits per heavy atom. The predicted molar refractivity (Wildman–Crippen MR) is 73.6 cm³/mol. The van der Waals surface area contributed by atoms with Crippen LogP contribution >= 0.6 is 0 Å². The van der Waals surface area contributed by atoms with E-state index in [1.54, 1.807) is 0 Å². The fraction of sp³-hybridized carbons (Fsp3) is 1.00. The average molecular weight is 255 g/mol. The standard InChI is InChI=1S/C15H29NO2/c1-3-12-5-6-15(17)13(9-12)10-16-7-8-18-14(4-2)11-16/h12-15,17H,3-11H2,1-2H3. The molecular weight excluding hydrogens is 226 g/mol. The van der Waals surface area contributed by atoms with Crippen LogP contribution in [-0.4, -0.2) is 48.5 Å². The molecule has 0 aromatic heterocycles. The second-order valence-corrected chi connectivity index (χ2v) is 6.08. The first-order valence-electron chi connectivity index (χ1n) is 7.74. The molecule has 1 aliphatic carbocycles. The Morgan fingerprint density at radius 2 is 2.06 bits per heavy atom. The van der Waals surface area contributed by atoms with Gasteiger partial charge in [-0.05, 0) is 37.5 Å². The number of ether oxygens (including phenoxy) is 1. The van der Waals surface area contributed by atoms with Crippen molar-refractivity contribution in [1.82, 2.24) is 4.90 Å². The van der Waals surface area contributed by atoms with Gasteiger partial charge >= 0.3 is 0 Å². The molecule has 2 rings (SSSR count). The first-order chi connectivity index (χ1) is 8.72. The minimum absolute atomic E-state index is 0.0734. The van der Waals surface area contributed by atoms with E-state index in [2.05, 4.69) is 18.7 Å². The molecule has 2 aliphatic rings. The van der Waals surface area contributed by atoms with Crippen molar-refractivity contribution in [2.75, 3.05) is 26.2 Å². The van der Waals surface area contributed by atoms with Crippen molar-refractivity contribution >= 4 is 0 Å².